The lowest BCUT2D eigenvalue weighted by molar-refractivity contribution is 0.583. The molecule has 0 atom stereocenters. The second kappa shape index (κ2) is 17.5. The lowest BCUT2D eigenvalue weighted by Gasteiger charge is -2.00. The molecule has 0 saturated carbocycles. The zero-order chi connectivity index (χ0) is 14.0. The molecule has 0 radical (unpaired) electrons. The van der Waals surface area contributed by atoms with Crippen LogP contribution in [0.2, 0.25) is 0 Å². The zero-order valence-corrected chi connectivity index (χ0v) is 13.3. The first kappa shape index (κ1) is 18.5. The van der Waals surface area contributed by atoms with Crippen molar-refractivity contribution >= 4 is 0 Å². The lowest BCUT2D eigenvalue weighted by atomic mass is 10.1. The van der Waals surface area contributed by atoms with Crippen LogP contribution in [0.3, 0.4) is 0 Å². The number of hydrogen-bond acceptors (Lipinski definition) is 0. The highest BCUT2D eigenvalue weighted by molar-refractivity contribution is 4.81. The molecule has 19 heavy (non-hydrogen) atoms. The Morgan fingerprint density at radius 2 is 1.00 bits per heavy atom. The lowest BCUT2D eigenvalue weighted by Crippen LogP contribution is -1.80. The molecule has 0 fully saturated rings. The third-order valence-corrected chi connectivity index (χ3v) is 3.67. The van der Waals surface area contributed by atoms with Crippen LogP contribution in [-0.2, 0) is 0 Å². The fraction of sp³-hybridized carbons (Fsp3) is 0.789. The third-order valence-electron chi connectivity index (χ3n) is 3.67. The van der Waals surface area contributed by atoms with Gasteiger partial charge in [-0.25, -0.2) is 0 Å². The number of hydrogen-bond donors (Lipinski definition) is 0. The minimum atomic E-state index is 1.20. The fourth-order valence-corrected chi connectivity index (χ4v) is 2.36. The van der Waals surface area contributed by atoms with Crippen molar-refractivity contribution < 1.29 is 0 Å². The van der Waals surface area contributed by atoms with E-state index in [9.17, 15) is 0 Å². The van der Waals surface area contributed by atoms with Crippen molar-refractivity contribution in [2.45, 2.75) is 96.8 Å². The molecular formula is C19H36. The second-order valence-electron chi connectivity index (χ2n) is 5.66. The average Bonchev–Trinajstić information content (AvgIpc) is 2.43. The van der Waals surface area contributed by atoms with Gasteiger partial charge >= 0.3 is 0 Å². The van der Waals surface area contributed by atoms with Gasteiger partial charge in [-0.15, -0.1) is 6.58 Å². The number of unbranched alkanes of at least 4 members (excludes halogenated alkanes) is 12. The Balaban J connectivity index is 3.01. The molecule has 0 amide bonds. The van der Waals surface area contributed by atoms with Crippen LogP contribution in [0.5, 0.6) is 0 Å². The fourth-order valence-electron chi connectivity index (χ4n) is 2.36. The molecule has 0 heterocycles. The minimum absolute atomic E-state index is 1.20. The summed E-state index contributed by atoms with van der Waals surface area (Å²) in [7, 11) is 0. The van der Waals surface area contributed by atoms with Crippen LogP contribution >= 0.6 is 0 Å². The Kier molecular flexibility index (Phi) is 17.0. The van der Waals surface area contributed by atoms with Crippen molar-refractivity contribution in [3.05, 3.63) is 24.8 Å². The Labute approximate surface area is 122 Å². The molecule has 0 aliphatic rings. The van der Waals surface area contributed by atoms with E-state index in [0.717, 1.165) is 0 Å². The minimum Gasteiger partial charge on any atom is -0.103 e. The van der Waals surface area contributed by atoms with Crippen molar-refractivity contribution in [1.29, 1.82) is 0 Å². The number of rotatable bonds is 15. The normalized spacial score (nSPS) is 11.2. The summed E-state index contributed by atoms with van der Waals surface area (Å²) in [4.78, 5) is 0. The van der Waals surface area contributed by atoms with Crippen molar-refractivity contribution in [3.8, 4) is 0 Å². The van der Waals surface area contributed by atoms with Crippen LogP contribution < -0.4 is 0 Å². The second-order valence-corrected chi connectivity index (χ2v) is 5.66. The van der Waals surface area contributed by atoms with Crippen molar-refractivity contribution in [2.75, 3.05) is 0 Å². The highest BCUT2D eigenvalue weighted by atomic mass is 14.0. The highest BCUT2D eigenvalue weighted by Crippen LogP contribution is 2.10. The Bertz CT molecular complexity index is 190. The van der Waals surface area contributed by atoms with E-state index in [4.69, 9.17) is 0 Å². The van der Waals surface area contributed by atoms with E-state index in [1.165, 1.54) is 89.9 Å². The predicted molar refractivity (Wildman–Crippen MR) is 89.6 cm³/mol. The van der Waals surface area contributed by atoms with E-state index in [1.54, 1.807) is 0 Å². The summed E-state index contributed by atoms with van der Waals surface area (Å²) in [6.07, 6.45) is 26.0. The summed E-state index contributed by atoms with van der Waals surface area (Å²) >= 11 is 0. The first-order valence-electron chi connectivity index (χ1n) is 8.67. The maximum atomic E-state index is 3.76. The molecule has 0 saturated heterocycles. The Morgan fingerprint density at radius 3 is 1.47 bits per heavy atom. The van der Waals surface area contributed by atoms with E-state index in [-0.39, 0.29) is 0 Å². The largest absolute Gasteiger partial charge is 0.103 e. The molecule has 0 spiro atoms. The van der Waals surface area contributed by atoms with E-state index in [2.05, 4.69) is 25.7 Å². The van der Waals surface area contributed by atoms with Gasteiger partial charge in [0.2, 0.25) is 0 Å². The maximum Gasteiger partial charge on any atom is -0.0351 e. The summed E-state index contributed by atoms with van der Waals surface area (Å²) < 4.78 is 0. The molecule has 0 bridgehead atoms. The standard InChI is InChI=1S/C19H36/c1-3-5-7-9-11-13-15-17-19-18-16-14-12-10-8-6-4-2/h3,14,16H,1,4-13,15,17-19H2,2H3/b16-14-. The van der Waals surface area contributed by atoms with Gasteiger partial charge in [0.25, 0.3) is 0 Å². The number of allylic oxidation sites excluding steroid dienone is 3. The molecule has 0 rings (SSSR count). The summed E-state index contributed by atoms with van der Waals surface area (Å²) in [6.45, 7) is 6.03. The third kappa shape index (κ3) is 17.5. The molecule has 0 aromatic heterocycles. The van der Waals surface area contributed by atoms with Crippen LogP contribution in [0.1, 0.15) is 96.8 Å². The van der Waals surface area contributed by atoms with Crippen LogP contribution in [-0.4, -0.2) is 0 Å². The van der Waals surface area contributed by atoms with Crippen molar-refractivity contribution in [2.24, 2.45) is 0 Å². The van der Waals surface area contributed by atoms with Crippen molar-refractivity contribution in [1.82, 2.24) is 0 Å². The van der Waals surface area contributed by atoms with Gasteiger partial charge in [0.1, 0.15) is 0 Å². The van der Waals surface area contributed by atoms with Crippen LogP contribution in [0, 0.1) is 0 Å². The van der Waals surface area contributed by atoms with Gasteiger partial charge in [-0.1, -0.05) is 76.5 Å². The molecule has 0 heteroatoms. The quantitative estimate of drug-likeness (QED) is 0.216. The molecule has 0 nitrogen and oxygen atoms in total. The van der Waals surface area contributed by atoms with Gasteiger partial charge < -0.3 is 0 Å². The van der Waals surface area contributed by atoms with Crippen molar-refractivity contribution in [3.63, 3.8) is 0 Å². The summed E-state index contributed by atoms with van der Waals surface area (Å²) in [5.41, 5.74) is 0. The molecule has 0 N–H and O–H groups in total. The van der Waals surface area contributed by atoms with Crippen LogP contribution in [0.4, 0.5) is 0 Å². The summed E-state index contributed by atoms with van der Waals surface area (Å²) in [5, 5.41) is 0. The van der Waals surface area contributed by atoms with E-state index < -0.39 is 0 Å². The molecular weight excluding hydrogens is 228 g/mol. The van der Waals surface area contributed by atoms with Gasteiger partial charge in [0.15, 0.2) is 0 Å². The van der Waals surface area contributed by atoms with E-state index in [1.807, 2.05) is 6.08 Å². The van der Waals surface area contributed by atoms with Gasteiger partial charge in [0, 0.05) is 0 Å². The average molecular weight is 264 g/mol. The van der Waals surface area contributed by atoms with Gasteiger partial charge in [-0.3, -0.25) is 0 Å². The molecule has 112 valence electrons. The van der Waals surface area contributed by atoms with Gasteiger partial charge in [0.05, 0.1) is 0 Å². The first-order valence-corrected chi connectivity index (χ1v) is 8.67. The Morgan fingerprint density at radius 1 is 0.579 bits per heavy atom. The topological polar surface area (TPSA) is 0 Å². The maximum absolute atomic E-state index is 3.76. The van der Waals surface area contributed by atoms with E-state index >= 15 is 0 Å². The van der Waals surface area contributed by atoms with Gasteiger partial charge in [-0.2, -0.15) is 0 Å². The zero-order valence-electron chi connectivity index (χ0n) is 13.3. The Hall–Kier alpha value is -0.520. The smallest absolute Gasteiger partial charge is 0.0351 e. The van der Waals surface area contributed by atoms with E-state index in [0.29, 0.717) is 0 Å². The monoisotopic (exact) mass is 264 g/mol. The molecule has 0 aromatic carbocycles. The molecule has 0 aromatic rings. The van der Waals surface area contributed by atoms with Crippen LogP contribution in [0.15, 0.2) is 24.8 Å². The first-order chi connectivity index (χ1) is 9.41. The summed E-state index contributed by atoms with van der Waals surface area (Å²) in [5.74, 6) is 0. The molecule has 0 unspecified atom stereocenters. The van der Waals surface area contributed by atoms with Crippen LogP contribution in [0.25, 0.3) is 0 Å². The highest BCUT2D eigenvalue weighted by Gasteiger charge is 1.90. The molecule has 0 aliphatic heterocycles. The van der Waals surface area contributed by atoms with Gasteiger partial charge in [-0.05, 0) is 38.5 Å². The SMILES string of the molecule is C=CCCCCCCCCC/C=C\CCCCCC. The summed E-state index contributed by atoms with van der Waals surface area (Å²) in [6, 6.07) is 0. The molecule has 0 aliphatic carbocycles. The predicted octanol–water partition coefficient (Wildman–Crippen LogP) is 7.21.